The number of pyridine rings is 1. The standard InChI is InChI=1S/C12H17NO4/c14-8-3-1-2-4-9-17-10-6-5-7-13-11(10)12(15)16/h5-7,14H,1-4,8-9H2,(H,15,16). The Morgan fingerprint density at radius 1 is 1.29 bits per heavy atom. The molecule has 2 N–H and O–H groups in total. The minimum atomic E-state index is -1.08. The maximum atomic E-state index is 10.8. The van der Waals surface area contributed by atoms with Crippen LogP contribution >= 0.6 is 0 Å². The van der Waals surface area contributed by atoms with E-state index in [9.17, 15) is 4.79 Å². The van der Waals surface area contributed by atoms with Gasteiger partial charge in [-0.15, -0.1) is 0 Å². The van der Waals surface area contributed by atoms with Gasteiger partial charge in [0.05, 0.1) is 6.61 Å². The molecule has 0 atom stereocenters. The van der Waals surface area contributed by atoms with Crippen LogP contribution < -0.4 is 4.74 Å². The lowest BCUT2D eigenvalue weighted by Gasteiger charge is -2.07. The van der Waals surface area contributed by atoms with Gasteiger partial charge in [0.15, 0.2) is 11.4 Å². The third-order valence-corrected chi connectivity index (χ3v) is 2.28. The van der Waals surface area contributed by atoms with E-state index in [-0.39, 0.29) is 12.3 Å². The van der Waals surface area contributed by atoms with Crippen molar-refractivity contribution in [3.05, 3.63) is 24.0 Å². The second kappa shape index (κ2) is 7.62. The van der Waals surface area contributed by atoms with Gasteiger partial charge in [-0.25, -0.2) is 9.78 Å². The second-order valence-corrected chi connectivity index (χ2v) is 3.64. The molecule has 0 amide bonds. The third kappa shape index (κ3) is 4.82. The van der Waals surface area contributed by atoms with Crippen molar-refractivity contribution in [1.82, 2.24) is 4.98 Å². The Kier molecular flexibility index (Phi) is 6.03. The highest BCUT2D eigenvalue weighted by molar-refractivity contribution is 5.88. The van der Waals surface area contributed by atoms with Gasteiger partial charge in [0.2, 0.25) is 0 Å². The fourth-order valence-corrected chi connectivity index (χ4v) is 1.42. The minimum Gasteiger partial charge on any atom is -0.491 e. The predicted octanol–water partition coefficient (Wildman–Crippen LogP) is 1.71. The molecule has 0 aliphatic carbocycles. The molecular weight excluding hydrogens is 222 g/mol. The Bertz CT molecular complexity index is 354. The summed E-state index contributed by atoms with van der Waals surface area (Å²) in [6, 6.07) is 3.25. The summed E-state index contributed by atoms with van der Waals surface area (Å²) in [5.41, 5.74) is -0.0529. The van der Waals surface area contributed by atoms with E-state index in [4.69, 9.17) is 14.9 Å². The van der Waals surface area contributed by atoms with E-state index in [1.54, 1.807) is 12.1 Å². The number of rotatable bonds is 8. The number of aliphatic hydroxyl groups excluding tert-OH is 1. The molecule has 17 heavy (non-hydrogen) atoms. The summed E-state index contributed by atoms with van der Waals surface area (Å²) < 4.78 is 5.37. The summed E-state index contributed by atoms with van der Waals surface area (Å²) in [4.78, 5) is 14.6. The Morgan fingerprint density at radius 3 is 2.76 bits per heavy atom. The molecule has 94 valence electrons. The summed E-state index contributed by atoms with van der Waals surface area (Å²) in [6.45, 7) is 0.685. The number of ether oxygens (including phenoxy) is 1. The number of carboxylic acid groups (broad SMARTS) is 1. The Balaban J connectivity index is 2.34. The van der Waals surface area contributed by atoms with Gasteiger partial charge in [-0.3, -0.25) is 0 Å². The Labute approximate surface area is 100 Å². The average Bonchev–Trinajstić information content (AvgIpc) is 2.34. The molecule has 0 bridgehead atoms. The van der Waals surface area contributed by atoms with Gasteiger partial charge in [-0.1, -0.05) is 6.42 Å². The van der Waals surface area contributed by atoms with E-state index in [1.807, 2.05) is 0 Å². The van der Waals surface area contributed by atoms with Crippen LogP contribution in [0.4, 0.5) is 0 Å². The topological polar surface area (TPSA) is 79.7 Å². The highest BCUT2D eigenvalue weighted by Crippen LogP contribution is 2.15. The maximum Gasteiger partial charge on any atom is 0.358 e. The molecule has 1 aromatic heterocycles. The number of carboxylic acids is 1. The molecular formula is C12H17NO4. The molecule has 5 heteroatoms. The highest BCUT2D eigenvalue weighted by Gasteiger charge is 2.11. The maximum absolute atomic E-state index is 10.8. The quantitative estimate of drug-likeness (QED) is 0.675. The van der Waals surface area contributed by atoms with Gasteiger partial charge in [0.1, 0.15) is 0 Å². The lowest BCUT2D eigenvalue weighted by Crippen LogP contribution is -2.06. The lowest BCUT2D eigenvalue weighted by atomic mass is 10.2. The molecule has 0 unspecified atom stereocenters. The van der Waals surface area contributed by atoms with Crippen LogP contribution in [0.3, 0.4) is 0 Å². The van der Waals surface area contributed by atoms with E-state index in [0.717, 1.165) is 25.7 Å². The first-order valence-electron chi connectivity index (χ1n) is 5.67. The summed E-state index contributed by atoms with van der Waals surface area (Å²) in [6.07, 6.45) is 4.99. The summed E-state index contributed by atoms with van der Waals surface area (Å²) in [7, 11) is 0. The summed E-state index contributed by atoms with van der Waals surface area (Å²) >= 11 is 0. The molecule has 0 spiro atoms. The number of aromatic nitrogens is 1. The monoisotopic (exact) mass is 239 g/mol. The molecule has 0 aromatic carbocycles. The minimum absolute atomic E-state index is 0.0529. The van der Waals surface area contributed by atoms with Crippen LogP contribution in [0, 0.1) is 0 Å². The second-order valence-electron chi connectivity index (χ2n) is 3.64. The number of unbranched alkanes of at least 4 members (excludes halogenated alkanes) is 3. The number of hydrogen-bond acceptors (Lipinski definition) is 4. The molecule has 0 aliphatic heterocycles. The van der Waals surface area contributed by atoms with Crippen LogP contribution in [0.2, 0.25) is 0 Å². The molecule has 5 nitrogen and oxygen atoms in total. The fourth-order valence-electron chi connectivity index (χ4n) is 1.42. The van der Waals surface area contributed by atoms with Gasteiger partial charge >= 0.3 is 5.97 Å². The average molecular weight is 239 g/mol. The summed E-state index contributed by atoms with van der Waals surface area (Å²) in [5, 5.41) is 17.5. The number of aliphatic hydroxyl groups is 1. The van der Waals surface area contributed by atoms with E-state index in [2.05, 4.69) is 4.98 Å². The zero-order valence-corrected chi connectivity index (χ0v) is 9.63. The van der Waals surface area contributed by atoms with Gasteiger partial charge in [0, 0.05) is 12.8 Å². The Hall–Kier alpha value is -1.62. The molecule has 1 heterocycles. The van der Waals surface area contributed by atoms with Crippen molar-refractivity contribution in [2.75, 3.05) is 13.2 Å². The van der Waals surface area contributed by atoms with Gasteiger partial charge < -0.3 is 14.9 Å². The van der Waals surface area contributed by atoms with Crippen molar-refractivity contribution in [2.45, 2.75) is 25.7 Å². The van der Waals surface area contributed by atoms with Gasteiger partial charge in [-0.05, 0) is 31.4 Å². The Morgan fingerprint density at radius 2 is 2.06 bits per heavy atom. The van der Waals surface area contributed by atoms with Crippen molar-refractivity contribution in [2.24, 2.45) is 0 Å². The van der Waals surface area contributed by atoms with Crippen molar-refractivity contribution in [1.29, 1.82) is 0 Å². The molecule has 0 saturated heterocycles. The smallest absolute Gasteiger partial charge is 0.358 e. The van der Waals surface area contributed by atoms with E-state index in [0.29, 0.717) is 12.4 Å². The number of carbonyl (C=O) groups is 1. The van der Waals surface area contributed by atoms with Crippen LogP contribution in [0.15, 0.2) is 18.3 Å². The van der Waals surface area contributed by atoms with Crippen LogP contribution in [-0.2, 0) is 0 Å². The number of hydrogen-bond donors (Lipinski definition) is 2. The first-order chi connectivity index (χ1) is 8.25. The normalized spacial score (nSPS) is 10.2. The van der Waals surface area contributed by atoms with E-state index >= 15 is 0 Å². The van der Waals surface area contributed by atoms with E-state index in [1.165, 1.54) is 6.20 Å². The zero-order valence-electron chi connectivity index (χ0n) is 9.63. The van der Waals surface area contributed by atoms with Crippen molar-refractivity contribution in [3.63, 3.8) is 0 Å². The molecule has 0 aliphatic rings. The molecule has 0 saturated carbocycles. The molecule has 0 radical (unpaired) electrons. The van der Waals surface area contributed by atoms with Crippen molar-refractivity contribution < 1.29 is 19.7 Å². The number of nitrogens with zero attached hydrogens (tertiary/aromatic N) is 1. The largest absolute Gasteiger partial charge is 0.491 e. The van der Waals surface area contributed by atoms with Crippen molar-refractivity contribution >= 4 is 5.97 Å². The van der Waals surface area contributed by atoms with Crippen LogP contribution in [0.5, 0.6) is 5.75 Å². The lowest BCUT2D eigenvalue weighted by molar-refractivity contribution is 0.0685. The predicted molar refractivity (Wildman–Crippen MR) is 62.2 cm³/mol. The van der Waals surface area contributed by atoms with Crippen molar-refractivity contribution in [3.8, 4) is 5.75 Å². The van der Waals surface area contributed by atoms with Crippen LogP contribution in [0.25, 0.3) is 0 Å². The fraction of sp³-hybridized carbons (Fsp3) is 0.500. The van der Waals surface area contributed by atoms with Gasteiger partial charge in [-0.2, -0.15) is 0 Å². The van der Waals surface area contributed by atoms with E-state index < -0.39 is 5.97 Å². The first-order valence-corrected chi connectivity index (χ1v) is 5.67. The summed E-state index contributed by atoms with van der Waals surface area (Å²) in [5.74, 6) is -0.775. The first kappa shape index (κ1) is 13.4. The molecule has 1 rings (SSSR count). The van der Waals surface area contributed by atoms with Crippen LogP contribution in [0.1, 0.15) is 36.2 Å². The third-order valence-electron chi connectivity index (χ3n) is 2.28. The highest BCUT2D eigenvalue weighted by atomic mass is 16.5. The van der Waals surface area contributed by atoms with Gasteiger partial charge in [0.25, 0.3) is 0 Å². The van der Waals surface area contributed by atoms with Crippen LogP contribution in [-0.4, -0.2) is 34.4 Å². The molecule has 0 fully saturated rings. The molecule has 1 aromatic rings. The SMILES string of the molecule is O=C(O)c1ncccc1OCCCCCCO. The number of aromatic carboxylic acids is 1. The zero-order chi connectivity index (χ0) is 12.5.